The number of fused-ring (bicyclic) bond motifs is 2. The molecule has 3 atom stereocenters. The quantitative estimate of drug-likeness (QED) is 0.342. The van der Waals surface area contributed by atoms with Crippen LogP contribution in [-0.2, 0) is 15.0 Å². The van der Waals surface area contributed by atoms with Crippen LogP contribution in [0.3, 0.4) is 0 Å². The maximum atomic E-state index is 14.7. The molecule has 41 heavy (non-hydrogen) atoms. The van der Waals surface area contributed by atoms with Gasteiger partial charge < -0.3 is 10.0 Å². The summed E-state index contributed by atoms with van der Waals surface area (Å²) in [5.41, 5.74) is 3.73. The second kappa shape index (κ2) is 10.6. The van der Waals surface area contributed by atoms with Crippen molar-refractivity contribution in [2.45, 2.75) is 58.7 Å². The van der Waals surface area contributed by atoms with Gasteiger partial charge in [0.1, 0.15) is 6.23 Å². The Hall–Kier alpha value is -3.19. The van der Waals surface area contributed by atoms with E-state index < -0.39 is 17.1 Å². The SMILES string of the molecule is CC(C)C1N(C(=O)C(C)(C)C)CC[C@@]12C(=O)N(c1cccc(-c3ccc(C(O)N(C)C)c(Cl)c3)c1)c1ccccc12. The summed E-state index contributed by atoms with van der Waals surface area (Å²) >= 11 is 6.59. The van der Waals surface area contributed by atoms with Crippen LogP contribution in [0.5, 0.6) is 0 Å². The van der Waals surface area contributed by atoms with E-state index in [9.17, 15) is 14.7 Å². The molecule has 7 heteroatoms. The number of amides is 2. The number of nitrogens with zero attached hydrogens (tertiary/aromatic N) is 3. The van der Waals surface area contributed by atoms with Crippen molar-refractivity contribution in [1.82, 2.24) is 9.80 Å². The Balaban J connectivity index is 1.58. The van der Waals surface area contributed by atoms with E-state index in [-0.39, 0.29) is 23.8 Å². The first-order valence-corrected chi connectivity index (χ1v) is 14.7. The fourth-order valence-electron chi connectivity index (χ4n) is 6.71. The highest BCUT2D eigenvalue weighted by molar-refractivity contribution is 6.31. The second-order valence-electron chi connectivity index (χ2n) is 12.9. The van der Waals surface area contributed by atoms with E-state index in [4.69, 9.17) is 11.6 Å². The molecule has 3 aromatic carbocycles. The molecule has 1 saturated heterocycles. The van der Waals surface area contributed by atoms with E-state index in [2.05, 4.69) is 19.9 Å². The predicted molar refractivity (Wildman–Crippen MR) is 165 cm³/mol. The first-order valence-electron chi connectivity index (χ1n) is 14.3. The highest BCUT2D eigenvalue weighted by atomic mass is 35.5. The zero-order valence-electron chi connectivity index (χ0n) is 25.0. The highest BCUT2D eigenvalue weighted by Crippen LogP contribution is 2.55. The van der Waals surface area contributed by atoms with Gasteiger partial charge in [0.2, 0.25) is 11.8 Å². The van der Waals surface area contributed by atoms with Crippen LogP contribution in [0.1, 0.15) is 58.4 Å². The van der Waals surface area contributed by atoms with E-state index in [1.165, 1.54) is 0 Å². The standard InChI is InChI=1S/C34H40ClN3O3/c1-21(2)29-34(17-18-37(29)31(40)33(3,4)5)26-13-8-9-14-28(26)38(32(34)41)24-12-10-11-22(19-24)23-15-16-25(27(35)20-23)30(39)36(6)7/h8-16,19-21,29-30,39H,17-18H2,1-7H3/t29?,30?,34-/m0/s1. The van der Waals surface area contributed by atoms with Crippen LogP contribution in [0.2, 0.25) is 5.02 Å². The Kier molecular flexibility index (Phi) is 7.56. The van der Waals surface area contributed by atoms with Crippen LogP contribution in [0.25, 0.3) is 11.1 Å². The van der Waals surface area contributed by atoms with Gasteiger partial charge in [-0.15, -0.1) is 0 Å². The predicted octanol–water partition coefficient (Wildman–Crippen LogP) is 6.78. The third kappa shape index (κ3) is 4.76. The molecule has 2 unspecified atom stereocenters. The fourth-order valence-corrected chi connectivity index (χ4v) is 6.99. The van der Waals surface area contributed by atoms with Gasteiger partial charge in [-0.25, -0.2) is 0 Å². The van der Waals surface area contributed by atoms with Crippen molar-refractivity contribution in [1.29, 1.82) is 0 Å². The summed E-state index contributed by atoms with van der Waals surface area (Å²) in [7, 11) is 3.59. The van der Waals surface area contributed by atoms with Gasteiger partial charge in [-0.05, 0) is 67.4 Å². The Morgan fingerprint density at radius 3 is 2.34 bits per heavy atom. The summed E-state index contributed by atoms with van der Waals surface area (Å²) in [6, 6.07) is 21.3. The molecular formula is C34H40ClN3O3. The molecular weight excluding hydrogens is 534 g/mol. The van der Waals surface area contributed by atoms with Gasteiger partial charge in [0.25, 0.3) is 0 Å². The molecule has 0 saturated carbocycles. The Labute approximate surface area is 248 Å². The van der Waals surface area contributed by atoms with Crippen molar-refractivity contribution < 1.29 is 14.7 Å². The average Bonchev–Trinajstić information content (AvgIpc) is 3.44. The molecule has 0 radical (unpaired) electrons. The number of hydrogen-bond acceptors (Lipinski definition) is 4. The summed E-state index contributed by atoms with van der Waals surface area (Å²) in [5, 5.41) is 11.0. The van der Waals surface area contributed by atoms with Gasteiger partial charge in [0.05, 0.1) is 17.1 Å². The molecule has 2 amide bonds. The van der Waals surface area contributed by atoms with Crippen molar-refractivity contribution in [2.24, 2.45) is 11.3 Å². The Bertz CT molecular complexity index is 1490. The van der Waals surface area contributed by atoms with Crippen molar-refractivity contribution >= 4 is 34.8 Å². The van der Waals surface area contributed by atoms with E-state index in [1.807, 2.05) is 91.2 Å². The van der Waals surface area contributed by atoms with Crippen molar-refractivity contribution in [3.8, 4) is 11.1 Å². The normalized spacial score (nSPS) is 21.3. The maximum Gasteiger partial charge on any atom is 0.244 e. The highest BCUT2D eigenvalue weighted by Gasteiger charge is 2.62. The van der Waals surface area contributed by atoms with Crippen LogP contribution in [0, 0.1) is 11.3 Å². The molecule has 0 bridgehead atoms. The van der Waals surface area contributed by atoms with Gasteiger partial charge in [0.15, 0.2) is 0 Å². The summed E-state index contributed by atoms with van der Waals surface area (Å²) < 4.78 is 0. The molecule has 0 aliphatic carbocycles. The Morgan fingerprint density at radius 2 is 1.71 bits per heavy atom. The van der Waals surface area contributed by atoms with Crippen LogP contribution in [0.15, 0.2) is 66.7 Å². The zero-order chi connectivity index (χ0) is 29.9. The second-order valence-corrected chi connectivity index (χ2v) is 13.3. The number of anilines is 2. The molecule has 2 heterocycles. The number of likely N-dealkylation sites (tertiary alicyclic amines) is 1. The minimum Gasteiger partial charge on any atom is -0.374 e. The van der Waals surface area contributed by atoms with Gasteiger partial charge >= 0.3 is 0 Å². The average molecular weight is 574 g/mol. The number of aliphatic hydroxyl groups is 1. The van der Waals surface area contributed by atoms with Crippen LogP contribution >= 0.6 is 11.6 Å². The molecule has 2 aliphatic heterocycles. The van der Waals surface area contributed by atoms with Crippen molar-refractivity contribution in [3.05, 3.63) is 82.9 Å². The van der Waals surface area contributed by atoms with E-state index >= 15 is 0 Å². The summed E-state index contributed by atoms with van der Waals surface area (Å²) in [6.07, 6.45) is -0.211. The molecule has 3 aromatic rings. The number of benzene rings is 3. The van der Waals surface area contributed by atoms with Gasteiger partial charge in [0, 0.05) is 28.2 Å². The number of aliphatic hydroxyl groups excluding tert-OH is 1. The minimum absolute atomic E-state index is 0.0150. The van der Waals surface area contributed by atoms with E-state index in [1.54, 1.807) is 19.0 Å². The van der Waals surface area contributed by atoms with E-state index in [0.29, 0.717) is 23.6 Å². The topological polar surface area (TPSA) is 64.1 Å². The monoisotopic (exact) mass is 573 g/mol. The molecule has 5 rings (SSSR count). The summed E-state index contributed by atoms with van der Waals surface area (Å²) in [5.74, 6) is 0.185. The van der Waals surface area contributed by atoms with Gasteiger partial charge in [-0.3, -0.25) is 19.4 Å². The molecule has 6 nitrogen and oxygen atoms in total. The third-order valence-corrected chi connectivity index (χ3v) is 8.86. The smallest absolute Gasteiger partial charge is 0.244 e. The molecule has 216 valence electrons. The van der Waals surface area contributed by atoms with E-state index in [0.717, 1.165) is 28.1 Å². The first-order chi connectivity index (χ1) is 19.3. The van der Waals surface area contributed by atoms with Crippen LogP contribution in [-0.4, -0.2) is 53.4 Å². The fraction of sp³-hybridized carbons (Fsp3) is 0.412. The Morgan fingerprint density at radius 1 is 1.02 bits per heavy atom. The minimum atomic E-state index is -0.811. The number of carbonyl (C=O) groups excluding carboxylic acids is 2. The lowest BCUT2D eigenvalue weighted by molar-refractivity contribution is -0.142. The molecule has 2 aliphatic rings. The lowest BCUT2D eigenvalue weighted by Crippen LogP contribution is -2.54. The van der Waals surface area contributed by atoms with Crippen molar-refractivity contribution in [3.63, 3.8) is 0 Å². The number of halogens is 1. The zero-order valence-corrected chi connectivity index (χ0v) is 25.7. The number of carbonyl (C=O) groups is 2. The van der Waals surface area contributed by atoms with Gasteiger partial charge in [-0.2, -0.15) is 0 Å². The first kappa shape index (κ1) is 29.3. The van der Waals surface area contributed by atoms with Gasteiger partial charge in [-0.1, -0.05) is 88.7 Å². The van der Waals surface area contributed by atoms with Crippen LogP contribution < -0.4 is 4.90 Å². The van der Waals surface area contributed by atoms with Crippen molar-refractivity contribution in [2.75, 3.05) is 25.5 Å². The molecule has 0 aromatic heterocycles. The third-order valence-electron chi connectivity index (χ3n) is 8.54. The number of rotatable bonds is 5. The summed E-state index contributed by atoms with van der Waals surface area (Å²) in [4.78, 5) is 33.8. The largest absolute Gasteiger partial charge is 0.374 e. The number of para-hydroxylation sites is 1. The van der Waals surface area contributed by atoms with Crippen LogP contribution in [0.4, 0.5) is 11.4 Å². The number of hydrogen-bond donors (Lipinski definition) is 1. The molecule has 1 spiro atoms. The lowest BCUT2D eigenvalue weighted by Gasteiger charge is -2.39. The summed E-state index contributed by atoms with van der Waals surface area (Å²) in [6.45, 7) is 10.6. The maximum absolute atomic E-state index is 14.7. The molecule has 1 fully saturated rings. The lowest BCUT2D eigenvalue weighted by atomic mass is 9.71. The molecule has 1 N–H and O–H groups in total.